The van der Waals surface area contributed by atoms with Gasteiger partial charge in [0, 0.05) is 11.9 Å². The van der Waals surface area contributed by atoms with Gasteiger partial charge in [-0.05, 0) is 30.3 Å². The molecule has 0 bridgehead atoms. The van der Waals surface area contributed by atoms with Crippen molar-refractivity contribution in [2.24, 2.45) is 0 Å². The molecular formula is C14H12F5N3O. The van der Waals surface area contributed by atoms with E-state index in [2.05, 4.69) is 5.10 Å². The summed E-state index contributed by atoms with van der Waals surface area (Å²) in [5.74, 6) is -1.52. The first-order valence-electron chi connectivity index (χ1n) is 6.54. The highest BCUT2D eigenvalue weighted by Crippen LogP contribution is 2.19. The predicted octanol–water partition coefficient (Wildman–Crippen LogP) is 3.20. The van der Waals surface area contributed by atoms with Crippen molar-refractivity contribution in [1.29, 1.82) is 0 Å². The third kappa shape index (κ3) is 4.27. The van der Waals surface area contributed by atoms with Crippen molar-refractivity contribution in [3.63, 3.8) is 0 Å². The third-order valence-corrected chi connectivity index (χ3v) is 2.95. The average molecular weight is 333 g/mol. The number of carbonyl (C=O) groups is 1. The molecular weight excluding hydrogens is 321 g/mol. The number of alkyl halides is 4. The van der Waals surface area contributed by atoms with Gasteiger partial charge >= 0.3 is 0 Å². The zero-order chi connectivity index (χ0) is 17.0. The van der Waals surface area contributed by atoms with Crippen LogP contribution in [0.5, 0.6) is 0 Å². The smallest absolute Gasteiger partial charge is 0.276 e. The predicted molar refractivity (Wildman–Crippen MR) is 72.3 cm³/mol. The Kier molecular flexibility index (Phi) is 5.30. The van der Waals surface area contributed by atoms with E-state index in [0.29, 0.717) is 4.90 Å². The number of benzene rings is 1. The molecule has 4 nitrogen and oxygen atoms in total. The van der Waals surface area contributed by atoms with Crippen molar-refractivity contribution in [1.82, 2.24) is 9.78 Å². The van der Waals surface area contributed by atoms with E-state index in [9.17, 15) is 26.7 Å². The molecule has 1 aromatic carbocycles. The highest BCUT2D eigenvalue weighted by Gasteiger charge is 2.25. The Labute approximate surface area is 128 Å². The lowest BCUT2D eigenvalue weighted by molar-refractivity contribution is 0.0917. The van der Waals surface area contributed by atoms with Gasteiger partial charge in [0.05, 0.1) is 6.54 Å². The molecule has 0 atom stereocenters. The molecule has 0 unspecified atom stereocenters. The molecule has 124 valence electrons. The van der Waals surface area contributed by atoms with Gasteiger partial charge in [0.15, 0.2) is 0 Å². The number of anilines is 1. The molecule has 0 aliphatic rings. The summed E-state index contributed by atoms with van der Waals surface area (Å²) >= 11 is 0. The monoisotopic (exact) mass is 333 g/mol. The van der Waals surface area contributed by atoms with Gasteiger partial charge < -0.3 is 4.90 Å². The van der Waals surface area contributed by atoms with Gasteiger partial charge in [0.25, 0.3) is 18.8 Å². The summed E-state index contributed by atoms with van der Waals surface area (Å²) < 4.78 is 64.1. The lowest BCUT2D eigenvalue weighted by atomic mass is 10.2. The summed E-state index contributed by atoms with van der Waals surface area (Å²) in [4.78, 5) is 13.1. The van der Waals surface area contributed by atoms with Crippen molar-refractivity contribution in [2.75, 3.05) is 11.4 Å². The number of nitrogens with zero attached hydrogens (tertiary/aromatic N) is 3. The lowest BCUT2D eigenvalue weighted by Crippen LogP contribution is -2.36. The number of carbonyl (C=O) groups excluding carboxylic acids is 1. The molecule has 23 heavy (non-hydrogen) atoms. The maximum Gasteiger partial charge on any atom is 0.276 e. The van der Waals surface area contributed by atoms with Gasteiger partial charge in [-0.25, -0.2) is 22.0 Å². The van der Waals surface area contributed by atoms with E-state index >= 15 is 0 Å². The number of hydrogen-bond donors (Lipinski definition) is 0. The third-order valence-electron chi connectivity index (χ3n) is 2.95. The number of amides is 1. The van der Waals surface area contributed by atoms with Crippen molar-refractivity contribution in [3.05, 3.63) is 48.0 Å². The Morgan fingerprint density at radius 3 is 2.30 bits per heavy atom. The van der Waals surface area contributed by atoms with Crippen molar-refractivity contribution in [3.8, 4) is 0 Å². The molecule has 0 radical (unpaired) electrons. The highest BCUT2D eigenvalue weighted by molar-refractivity contribution is 6.05. The van der Waals surface area contributed by atoms with Crippen LogP contribution in [-0.2, 0) is 6.54 Å². The van der Waals surface area contributed by atoms with Crippen LogP contribution in [0.1, 0.15) is 10.5 Å². The van der Waals surface area contributed by atoms with E-state index in [-0.39, 0.29) is 11.4 Å². The molecule has 0 saturated carbocycles. The molecule has 9 heteroatoms. The molecule has 2 rings (SSSR count). The van der Waals surface area contributed by atoms with E-state index in [1.807, 2.05) is 0 Å². The minimum atomic E-state index is -2.85. The molecule has 0 spiro atoms. The quantitative estimate of drug-likeness (QED) is 0.762. The molecule has 0 saturated heterocycles. The van der Waals surface area contributed by atoms with Crippen molar-refractivity contribution in [2.45, 2.75) is 19.4 Å². The van der Waals surface area contributed by atoms with E-state index < -0.39 is 37.7 Å². The van der Waals surface area contributed by atoms with Crippen LogP contribution in [0.3, 0.4) is 0 Å². The Morgan fingerprint density at radius 1 is 1.09 bits per heavy atom. The van der Waals surface area contributed by atoms with Crippen molar-refractivity contribution < 1.29 is 26.7 Å². The van der Waals surface area contributed by atoms with E-state index in [4.69, 9.17) is 0 Å². The number of hydrogen-bond acceptors (Lipinski definition) is 2. The van der Waals surface area contributed by atoms with Crippen LogP contribution in [0, 0.1) is 5.82 Å². The second-order valence-electron chi connectivity index (χ2n) is 4.57. The molecule has 0 fully saturated rings. The van der Waals surface area contributed by atoms with Gasteiger partial charge in [0.1, 0.15) is 18.1 Å². The number of aromatic nitrogens is 2. The van der Waals surface area contributed by atoms with Gasteiger partial charge in [-0.15, -0.1) is 0 Å². The maximum atomic E-state index is 12.9. The van der Waals surface area contributed by atoms with E-state index in [1.165, 1.54) is 0 Å². The average Bonchev–Trinajstić information content (AvgIpc) is 2.92. The van der Waals surface area contributed by atoms with Crippen LogP contribution in [-0.4, -0.2) is 35.1 Å². The summed E-state index contributed by atoms with van der Waals surface area (Å²) in [7, 11) is 0. The Balaban J connectivity index is 2.34. The number of halogens is 5. The normalized spacial score (nSPS) is 11.3. The van der Waals surface area contributed by atoms with Crippen LogP contribution < -0.4 is 4.90 Å². The molecule has 2 aromatic rings. The minimum Gasteiger partial charge on any atom is -0.301 e. The molecule has 1 heterocycles. The number of rotatable bonds is 6. The Bertz CT molecular complexity index is 657. The second-order valence-corrected chi connectivity index (χ2v) is 4.57. The summed E-state index contributed by atoms with van der Waals surface area (Å²) in [6.07, 6.45) is -4.48. The summed E-state index contributed by atoms with van der Waals surface area (Å²) in [5, 5.41) is 3.59. The standard InChI is InChI=1S/C14H12F5N3O/c15-9-1-3-10(4-2-9)21(7-12(16)17)14(23)11-5-6-20-22(11)8-13(18)19/h1-6,12-13H,7-8H2. The first-order valence-corrected chi connectivity index (χ1v) is 6.54. The maximum absolute atomic E-state index is 12.9. The second kappa shape index (κ2) is 7.21. The zero-order valence-corrected chi connectivity index (χ0v) is 11.7. The molecule has 0 N–H and O–H groups in total. The van der Waals surface area contributed by atoms with E-state index in [1.54, 1.807) is 0 Å². The summed E-state index contributed by atoms with van der Waals surface area (Å²) in [6.45, 7) is -1.79. The molecule has 0 aliphatic carbocycles. The van der Waals surface area contributed by atoms with Crippen LogP contribution in [0.15, 0.2) is 36.5 Å². The fourth-order valence-electron chi connectivity index (χ4n) is 1.99. The fourth-order valence-corrected chi connectivity index (χ4v) is 1.99. The molecule has 0 aliphatic heterocycles. The summed E-state index contributed by atoms with van der Waals surface area (Å²) in [6, 6.07) is 5.49. The van der Waals surface area contributed by atoms with Gasteiger partial charge in [-0.3, -0.25) is 9.48 Å². The van der Waals surface area contributed by atoms with Crippen LogP contribution in [0.25, 0.3) is 0 Å². The SMILES string of the molecule is O=C(c1ccnn1CC(F)F)N(CC(F)F)c1ccc(F)cc1. The van der Waals surface area contributed by atoms with Crippen LogP contribution in [0.4, 0.5) is 27.6 Å². The Morgan fingerprint density at radius 2 is 1.74 bits per heavy atom. The first-order chi connectivity index (χ1) is 10.9. The van der Waals surface area contributed by atoms with Gasteiger partial charge in [-0.2, -0.15) is 5.10 Å². The van der Waals surface area contributed by atoms with Crippen molar-refractivity contribution >= 4 is 11.6 Å². The van der Waals surface area contributed by atoms with Gasteiger partial charge in [-0.1, -0.05) is 0 Å². The fraction of sp³-hybridized carbons (Fsp3) is 0.286. The molecule has 1 aromatic heterocycles. The first kappa shape index (κ1) is 16.9. The van der Waals surface area contributed by atoms with E-state index in [0.717, 1.165) is 41.2 Å². The lowest BCUT2D eigenvalue weighted by Gasteiger charge is -2.22. The zero-order valence-electron chi connectivity index (χ0n) is 11.7. The summed E-state index contributed by atoms with van der Waals surface area (Å²) in [5.41, 5.74) is -0.225. The van der Waals surface area contributed by atoms with Gasteiger partial charge in [0.2, 0.25) is 0 Å². The topological polar surface area (TPSA) is 38.1 Å². The Hall–Kier alpha value is -2.45. The van der Waals surface area contributed by atoms with Crippen LogP contribution >= 0.6 is 0 Å². The highest BCUT2D eigenvalue weighted by atomic mass is 19.3. The molecule has 1 amide bonds. The minimum absolute atomic E-state index is 0.0292. The largest absolute Gasteiger partial charge is 0.301 e. The van der Waals surface area contributed by atoms with Crippen LogP contribution in [0.2, 0.25) is 0 Å².